The monoisotopic (exact) mass is 394 g/mol. The number of phenolic OH excluding ortho intramolecular Hbond substituents is 1. The zero-order valence-electron chi connectivity index (χ0n) is 16.0. The zero-order chi connectivity index (χ0) is 20.4. The number of phenols is 1. The lowest BCUT2D eigenvalue weighted by molar-refractivity contribution is 0.183. The first-order valence-electron chi connectivity index (χ1n) is 9.46. The van der Waals surface area contributed by atoms with Crippen molar-refractivity contribution in [1.82, 2.24) is 20.0 Å². The average molecular weight is 394 g/mol. The van der Waals surface area contributed by atoms with Crippen LogP contribution in [0.25, 0.3) is 10.8 Å². The standard InChI is InChI=1S/C21H22N4O4/c1-14(12-25-20(27)18-5-3-2-4-15(18)11-22-25)23-21(28)24-8-9-29-19-10-17(26)7-6-16(19)13-24/h2-7,10-11,14,26H,8-9,12-13H2,1H3,(H,23,28). The lowest BCUT2D eigenvalue weighted by Crippen LogP contribution is -2.46. The van der Waals surface area contributed by atoms with Crippen LogP contribution in [0.4, 0.5) is 4.79 Å². The Morgan fingerprint density at radius 1 is 1.31 bits per heavy atom. The summed E-state index contributed by atoms with van der Waals surface area (Å²) in [5.41, 5.74) is 0.650. The molecule has 8 nitrogen and oxygen atoms in total. The summed E-state index contributed by atoms with van der Waals surface area (Å²) < 4.78 is 7.00. The minimum atomic E-state index is -0.294. The van der Waals surface area contributed by atoms with Crippen molar-refractivity contribution in [1.29, 1.82) is 0 Å². The number of carbonyl (C=O) groups is 1. The molecule has 1 atom stereocenters. The quantitative estimate of drug-likeness (QED) is 0.709. The summed E-state index contributed by atoms with van der Waals surface area (Å²) in [6.45, 7) is 3.24. The van der Waals surface area contributed by atoms with E-state index in [1.807, 2.05) is 25.1 Å². The van der Waals surface area contributed by atoms with Crippen molar-refractivity contribution in [2.24, 2.45) is 0 Å². The summed E-state index contributed by atoms with van der Waals surface area (Å²) in [4.78, 5) is 27.0. The summed E-state index contributed by atoms with van der Waals surface area (Å²) in [7, 11) is 0. The van der Waals surface area contributed by atoms with Crippen molar-refractivity contribution in [2.75, 3.05) is 13.2 Å². The Morgan fingerprint density at radius 2 is 2.14 bits per heavy atom. The summed E-state index contributed by atoms with van der Waals surface area (Å²) in [5, 5.41) is 18.1. The SMILES string of the molecule is CC(Cn1ncc2ccccc2c1=O)NC(=O)N1CCOc2cc(O)ccc2C1. The summed E-state index contributed by atoms with van der Waals surface area (Å²) >= 11 is 0. The largest absolute Gasteiger partial charge is 0.508 e. The van der Waals surface area contributed by atoms with Gasteiger partial charge in [0, 0.05) is 23.1 Å². The molecular weight excluding hydrogens is 372 g/mol. The second kappa shape index (κ2) is 7.83. The van der Waals surface area contributed by atoms with Crippen LogP contribution in [-0.2, 0) is 13.1 Å². The van der Waals surface area contributed by atoms with Crippen molar-refractivity contribution in [2.45, 2.75) is 26.1 Å². The Hall–Kier alpha value is -3.55. The van der Waals surface area contributed by atoms with Crippen LogP contribution in [-0.4, -0.2) is 45.0 Å². The fourth-order valence-electron chi connectivity index (χ4n) is 3.40. The number of nitrogens with zero attached hydrogens (tertiary/aromatic N) is 3. The second-order valence-electron chi connectivity index (χ2n) is 7.13. The van der Waals surface area contributed by atoms with Gasteiger partial charge >= 0.3 is 6.03 Å². The molecule has 1 aliphatic heterocycles. The smallest absolute Gasteiger partial charge is 0.318 e. The number of aromatic nitrogens is 2. The van der Waals surface area contributed by atoms with Crippen molar-refractivity contribution < 1.29 is 14.6 Å². The van der Waals surface area contributed by atoms with E-state index in [0.717, 1.165) is 10.9 Å². The van der Waals surface area contributed by atoms with Gasteiger partial charge in [-0.05, 0) is 25.1 Å². The van der Waals surface area contributed by atoms with Crippen LogP contribution >= 0.6 is 0 Å². The Labute approximate surface area is 167 Å². The molecule has 8 heteroatoms. The summed E-state index contributed by atoms with van der Waals surface area (Å²) in [5.74, 6) is 0.712. The van der Waals surface area contributed by atoms with Crippen LogP contribution in [0.1, 0.15) is 12.5 Å². The van der Waals surface area contributed by atoms with Gasteiger partial charge in [-0.25, -0.2) is 9.48 Å². The van der Waals surface area contributed by atoms with E-state index >= 15 is 0 Å². The molecule has 0 radical (unpaired) electrons. The molecule has 1 aromatic heterocycles. The molecule has 1 aliphatic rings. The maximum atomic E-state index is 12.7. The van der Waals surface area contributed by atoms with Gasteiger partial charge in [0.2, 0.25) is 0 Å². The Balaban J connectivity index is 1.44. The lowest BCUT2D eigenvalue weighted by atomic mass is 10.2. The molecule has 2 aromatic carbocycles. The van der Waals surface area contributed by atoms with Gasteiger partial charge in [-0.1, -0.05) is 18.2 Å². The molecule has 4 rings (SSSR count). The van der Waals surface area contributed by atoms with Crippen molar-refractivity contribution >= 4 is 16.8 Å². The van der Waals surface area contributed by atoms with E-state index in [-0.39, 0.29) is 29.9 Å². The first-order chi connectivity index (χ1) is 14.0. The molecular formula is C21H22N4O4. The van der Waals surface area contributed by atoms with E-state index < -0.39 is 0 Å². The molecule has 1 unspecified atom stereocenters. The molecule has 0 aliphatic carbocycles. The number of urea groups is 1. The summed E-state index contributed by atoms with van der Waals surface area (Å²) in [6, 6.07) is 11.6. The number of aromatic hydroxyl groups is 1. The molecule has 0 spiro atoms. The van der Waals surface area contributed by atoms with Crippen LogP contribution in [0, 0.1) is 0 Å². The van der Waals surface area contributed by atoms with Gasteiger partial charge in [0.25, 0.3) is 5.56 Å². The first-order valence-corrected chi connectivity index (χ1v) is 9.46. The fourth-order valence-corrected chi connectivity index (χ4v) is 3.40. The molecule has 3 aromatic rings. The average Bonchev–Trinajstić information content (AvgIpc) is 2.92. The molecule has 29 heavy (non-hydrogen) atoms. The normalized spacial score (nSPS) is 14.6. The number of ether oxygens (including phenoxy) is 1. The van der Waals surface area contributed by atoms with Gasteiger partial charge in [-0.15, -0.1) is 0 Å². The van der Waals surface area contributed by atoms with Gasteiger partial charge in [-0.3, -0.25) is 4.79 Å². The molecule has 0 fully saturated rings. The van der Waals surface area contributed by atoms with E-state index in [1.54, 1.807) is 35.4 Å². The molecule has 0 saturated carbocycles. The molecule has 0 saturated heterocycles. The zero-order valence-corrected chi connectivity index (χ0v) is 16.0. The third-order valence-corrected chi connectivity index (χ3v) is 4.90. The van der Waals surface area contributed by atoms with E-state index in [1.165, 1.54) is 4.68 Å². The molecule has 0 bridgehead atoms. The highest BCUT2D eigenvalue weighted by molar-refractivity contribution is 5.80. The maximum absolute atomic E-state index is 12.7. The first kappa shape index (κ1) is 18.8. The van der Waals surface area contributed by atoms with Crippen LogP contribution in [0.15, 0.2) is 53.5 Å². The third kappa shape index (κ3) is 4.01. The number of nitrogens with one attached hydrogen (secondary N) is 1. The Bertz CT molecular complexity index is 1110. The number of rotatable bonds is 3. The number of fused-ring (bicyclic) bond motifs is 2. The number of hydrogen-bond donors (Lipinski definition) is 2. The van der Waals surface area contributed by atoms with Crippen molar-refractivity contribution in [3.8, 4) is 11.5 Å². The van der Waals surface area contributed by atoms with Crippen LogP contribution in [0.3, 0.4) is 0 Å². The molecule has 2 N–H and O–H groups in total. The molecule has 2 heterocycles. The van der Waals surface area contributed by atoms with Crippen LogP contribution in [0.5, 0.6) is 11.5 Å². The van der Waals surface area contributed by atoms with E-state index in [4.69, 9.17) is 4.74 Å². The van der Waals surface area contributed by atoms with Gasteiger partial charge in [0.05, 0.1) is 31.2 Å². The van der Waals surface area contributed by atoms with Crippen molar-refractivity contribution in [3.05, 3.63) is 64.6 Å². The second-order valence-corrected chi connectivity index (χ2v) is 7.13. The van der Waals surface area contributed by atoms with E-state index in [2.05, 4.69) is 10.4 Å². The maximum Gasteiger partial charge on any atom is 0.318 e. The topological polar surface area (TPSA) is 96.7 Å². The minimum Gasteiger partial charge on any atom is -0.508 e. The highest BCUT2D eigenvalue weighted by Gasteiger charge is 2.21. The summed E-state index contributed by atoms with van der Waals surface area (Å²) in [6.07, 6.45) is 1.66. The predicted octanol–water partition coefficient (Wildman–Crippen LogP) is 2.09. The van der Waals surface area contributed by atoms with Gasteiger partial charge in [-0.2, -0.15) is 5.10 Å². The number of hydrogen-bond acceptors (Lipinski definition) is 5. The third-order valence-electron chi connectivity index (χ3n) is 4.90. The Morgan fingerprint density at radius 3 is 3.00 bits per heavy atom. The number of amides is 2. The number of carbonyl (C=O) groups excluding carboxylic acids is 1. The molecule has 2 amide bonds. The highest BCUT2D eigenvalue weighted by Crippen LogP contribution is 2.27. The Kier molecular flexibility index (Phi) is 5.07. The van der Waals surface area contributed by atoms with Crippen LogP contribution in [0.2, 0.25) is 0 Å². The predicted molar refractivity (Wildman–Crippen MR) is 108 cm³/mol. The van der Waals surface area contributed by atoms with Gasteiger partial charge in [0.15, 0.2) is 0 Å². The van der Waals surface area contributed by atoms with Crippen LogP contribution < -0.4 is 15.6 Å². The number of benzene rings is 2. The highest BCUT2D eigenvalue weighted by atomic mass is 16.5. The van der Waals surface area contributed by atoms with E-state index in [0.29, 0.717) is 30.8 Å². The minimum absolute atomic E-state index is 0.128. The van der Waals surface area contributed by atoms with E-state index in [9.17, 15) is 14.7 Å². The van der Waals surface area contributed by atoms with Gasteiger partial charge < -0.3 is 20.1 Å². The molecule has 150 valence electrons. The lowest BCUT2D eigenvalue weighted by Gasteiger charge is -2.23. The van der Waals surface area contributed by atoms with Gasteiger partial charge in [0.1, 0.15) is 18.1 Å². The fraction of sp³-hybridized carbons (Fsp3) is 0.286. The van der Waals surface area contributed by atoms with Crippen molar-refractivity contribution in [3.63, 3.8) is 0 Å².